The van der Waals surface area contributed by atoms with Crippen LogP contribution in [0.25, 0.3) is 10.8 Å². The van der Waals surface area contributed by atoms with Gasteiger partial charge in [0.1, 0.15) is 0 Å². The fraction of sp³-hybridized carbons (Fsp3) is 0.0833. The van der Waals surface area contributed by atoms with Gasteiger partial charge in [-0.15, -0.1) is 11.8 Å². The monoisotopic (exact) mass is 202 g/mol. The third kappa shape index (κ3) is 2.08. The maximum atomic E-state index is 5.62. The summed E-state index contributed by atoms with van der Waals surface area (Å²) in [6, 6.07) is 14.6. The van der Waals surface area contributed by atoms with Crippen molar-refractivity contribution >= 4 is 22.5 Å². The lowest BCUT2D eigenvalue weighted by Crippen LogP contribution is -2.08. The molecule has 2 aromatic rings. The van der Waals surface area contributed by atoms with Gasteiger partial charge >= 0.3 is 0 Å². The number of hydrogen-bond donors (Lipinski definition) is 1. The lowest BCUT2D eigenvalue weighted by Gasteiger charge is -2.05. The molecule has 0 aliphatic carbocycles. The highest BCUT2D eigenvalue weighted by Crippen LogP contribution is 2.24. The van der Waals surface area contributed by atoms with Crippen molar-refractivity contribution in [3.63, 3.8) is 0 Å². The molecule has 0 aliphatic rings. The highest BCUT2D eigenvalue weighted by molar-refractivity contribution is 8.00. The van der Waals surface area contributed by atoms with Crippen LogP contribution in [0.3, 0.4) is 0 Å². The molecule has 2 rings (SSSR count). The van der Waals surface area contributed by atoms with Gasteiger partial charge in [-0.1, -0.05) is 30.3 Å². The van der Waals surface area contributed by atoms with Crippen LogP contribution in [0.4, 0.5) is 0 Å². The summed E-state index contributed by atoms with van der Waals surface area (Å²) in [5.41, 5.74) is 5.62. The molecule has 1 unspecified atom stereocenters. The van der Waals surface area contributed by atoms with E-state index in [1.54, 1.807) is 11.8 Å². The molecule has 2 N–H and O–H groups in total. The molecule has 1 atom stereocenters. The van der Waals surface area contributed by atoms with E-state index in [1.807, 2.05) is 12.1 Å². The molecule has 71 valence electrons. The van der Waals surface area contributed by atoms with Gasteiger partial charge in [-0.25, -0.2) is 0 Å². The molecule has 0 amide bonds. The van der Waals surface area contributed by atoms with Crippen molar-refractivity contribution in [3.8, 4) is 0 Å². The van der Waals surface area contributed by atoms with Gasteiger partial charge in [-0.05, 0) is 29.8 Å². The largest absolute Gasteiger partial charge is 0.319 e. The van der Waals surface area contributed by atoms with E-state index in [2.05, 4.69) is 37.3 Å². The summed E-state index contributed by atoms with van der Waals surface area (Å²) in [5.74, 6) is 0. The molecule has 1 nitrogen and oxygen atoms in total. The fourth-order valence-electron chi connectivity index (χ4n) is 1.42. The highest BCUT2D eigenvalue weighted by Gasteiger charge is 1.99. The van der Waals surface area contributed by atoms with E-state index in [0.29, 0.717) is 0 Å². The summed E-state index contributed by atoms with van der Waals surface area (Å²) in [7, 11) is 0. The molecule has 0 aliphatic heterocycles. The fourth-order valence-corrected chi connectivity index (χ4v) is 2.11. The first-order valence-electron chi connectivity index (χ1n) is 4.50. The average molecular weight is 202 g/mol. The molecular formula is C12H12NS. The highest BCUT2D eigenvalue weighted by atomic mass is 32.2. The van der Waals surface area contributed by atoms with Gasteiger partial charge in [-0.3, -0.25) is 0 Å². The summed E-state index contributed by atoms with van der Waals surface area (Å²) in [6.45, 7) is 3.75. The topological polar surface area (TPSA) is 26.0 Å². The van der Waals surface area contributed by atoms with Gasteiger partial charge < -0.3 is 5.73 Å². The Balaban J connectivity index is 2.41. The number of benzene rings is 2. The molecule has 0 bridgehead atoms. The van der Waals surface area contributed by atoms with Crippen LogP contribution in [0, 0.1) is 6.92 Å². The Labute approximate surface area is 88.3 Å². The van der Waals surface area contributed by atoms with Crippen molar-refractivity contribution in [1.82, 2.24) is 0 Å². The molecule has 2 aromatic carbocycles. The Morgan fingerprint density at radius 2 is 1.79 bits per heavy atom. The molecule has 1 radical (unpaired) electrons. The summed E-state index contributed by atoms with van der Waals surface area (Å²) < 4.78 is 0. The standard InChI is InChI=1S/C12H12NS/c1-9(13)14-12-7-6-10-4-2-3-5-11(10)8-12/h2-9H,1,13H2. The minimum absolute atomic E-state index is 0.101. The van der Waals surface area contributed by atoms with E-state index in [-0.39, 0.29) is 5.37 Å². The summed E-state index contributed by atoms with van der Waals surface area (Å²) in [5, 5.41) is 2.41. The molecule has 2 heteroatoms. The summed E-state index contributed by atoms with van der Waals surface area (Å²) in [4.78, 5) is 1.17. The third-order valence-corrected chi connectivity index (χ3v) is 2.84. The van der Waals surface area contributed by atoms with E-state index in [4.69, 9.17) is 5.73 Å². The Morgan fingerprint density at radius 1 is 1.07 bits per heavy atom. The lowest BCUT2D eigenvalue weighted by molar-refractivity contribution is 1.16. The quantitative estimate of drug-likeness (QED) is 0.598. The summed E-state index contributed by atoms with van der Waals surface area (Å²) >= 11 is 1.58. The van der Waals surface area contributed by atoms with Crippen LogP contribution < -0.4 is 5.73 Å². The average Bonchev–Trinajstić information content (AvgIpc) is 2.17. The van der Waals surface area contributed by atoms with Crippen LogP contribution in [0.5, 0.6) is 0 Å². The molecule has 0 aromatic heterocycles. The van der Waals surface area contributed by atoms with Crippen LogP contribution in [0.15, 0.2) is 47.4 Å². The number of thioether (sulfide) groups is 1. The van der Waals surface area contributed by atoms with Crippen molar-refractivity contribution in [2.75, 3.05) is 0 Å². The van der Waals surface area contributed by atoms with E-state index >= 15 is 0 Å². The van der Waals surface area contributed by atoms with E-state index in [0.717, 1.165) is 0 Å². The van der Waals surface area contributed by atoms with Crippen LogP contribution >= 0.6 is 11.8 Å². The van der Waals surface area contributed by atoms with Gasteiger partial charge in [0.15, 0.2) is 0 Å². The Morgan fingerprint density at radius 3 is 2.50 bits per heavy atom. The second-order valence-corrected chi connectivity index (χ2v) is 4.48. The smallest absolute Gasteiger partial charge is 0.0555 e. The molecule has 0 fully saturated rings. The zero-order chi connectivity index (χ0) is 9.97. The van der Waals surface area contributed by atoms with Gasteiger partial charge in [0, 0.05) is 4.90 Å². The van der Waals surface area contributed by atoms with Crippen molar-refractivity contribution in [2.24, 2.45) is 5.73 Å². The van der Waals surface area contributed by atoms with Gasteiger partial charge in [0.25, 0.3) is 0 Å². The van der Waals surface area contributed by atoms with Gasteiger partial charge in [0.2, 0.25) is 0 Å². The first-order valence-corrected chi connectivity index (χ1v) is 5.38. The van der Waals surface area contributed by atoms with Crippen molar-refractivity contribution in [1.29, 1.82) is 0 Å². The molecule has 0 saturated heterocycles. The third-order valence-electron chi connectivity index (χ3n) is 2.01. The SMILES string of the molecule is [CH2]C(N)Sc1ccc2ccccc2c1. The predicted octanol–water partition coefficient (Wildman–Crippen LogP) is 3.05. The minimum atomic E-state index is -0.101. The van der Waals surface area contributed by atoms with Crippen molar-refractivity contribution < 1.29 is 0 Å². The number of hydrogen-bond acceptors (Lipinski definition) is 2. The normalized spacial score (nSPS) is 13.0. The van der Waals surface area contributed by atoms with Crippen LogP contribution in [-0.2, 0) is 0 Å². The van der Waals surface area contributed by atoms with Crippen LogP contribution in [0.2, 0.25) is 0 Å². The second-order valence-electron chi connectivity index (χ2n) is 3.17. The summed E-state index contributed by atoms with van der Waals surface area (Å²) in [6.07, 6.45) is 0. The van der Waals surface area contributed by atoms with Crippen molar-refractivity contribution in [3.05, 3.63) is 49.4 Å². The number of nitrogens with two attached hydrogens (primary N) is 1. The maximum absolute atomic E-state index is 5.62. The van der Waals surface area contributed by atoms with Gasteiger partial charge in [0.05, 0.1) is 5.37 Å². The van der Waals surface area contributed by atoms with Crippen LogP contribution in [0.1, 0.15) is 0 Å². The van der Waals surface area contributed by atoms with E-state index < -0.39 is 0 Å². The van der Waals surface area contributed by atoms with Crippen LogP contribution in [-0.4, -0.2) is 5.37 Å². The van der Waals surface area contributed by atoms with E-state index in [1.165, 1.54) is 15.7 Å². The Bertz CT molecular complexity index is 437. The molecule has 0 spiro atoms. The second kappa shape index (κ2) is 4.03. The zero-order valence-electron chi connectivity index (χ0n) is 7.81. The zero-order valence-corrected chi connectivity index (χ0v) is 8.63. The Hall–Kier alpha value is -0.990. The molecule has 14 heavy (non-hydrogen) atoms. The minimum Gasteiger partial charge on any atom is -0.319 e. The molecule has 0 heterocycles. The maximum Gasteiger partial charge on any atom is 0.0555 e. The van der Waals surface area contributed by atoms with Crippen molar-refractivity contribution in [2.45, 2.75) is 10.3 Å². The Kier molecular flexibility index (Phi) is 2.75. The molecular weight excluding hydrogens is 190 g/mol. The number of fused-ring (bicyclic) bond motifs is 1. The molecule has 0 saturated carbocycles. The lowest BCUT2D eigenvalue weighted by atomic mass is 10.1. The number of rotatable bonds is 2. The first kappa shape index (κ1) is 9.56. The predicted molar refractivity (Wildman–Crippen MR) is 63.1 cm³/mol. The van der Waals surface area contributed by atoms with Gasteiger partial charge in [-0.2, -0.15) is 0 Å². The first-order chi connectivity index (χ1) is 6.75. The van der Waals surface area contributed by atoms with E-state index in [9.17, 15) is 0 Å².